The SMILES string of the molecule is Cc1c(N)ncnc1-c1ccc2cccnc2c1F. The topological polar surface area (TPSA) is 64.7 Å². The number of rotatable bonds is 1. The van der Waals surface area contributed by atoms with Crippen LogP contribution in [-0.4, -0.2) is 15.0 Å². The number of fused-ring (bicyclic) bond motifs is 1. The molecule has 2 aromatic heterocycles. The van der Waals surface area contributed by atoms with Gasteiger partial charge in [-0.15, -0.1) is 0 Å². The summed E-state index contributed by atoms with van der Waals surface area (Å²) < 4.78 is 14.5. The molecular formula is C14H11FN4. The number of hydrogen-bond donors (Lipinski definition) is 1. The highest BCUT2D eigenvalue weighted by Gasteiger charge is 2.14. The Morgan fingerprint density at radius 3 is 2.79 bits per heavy atom. The Labute approximate surface area is 109 Å². The molecule has 0 fully saturated rings. The molecule has 0 saturated heterocycles. The van der Waals surface area contributed by atoms with Crippen LogP contribution in [0.3, 0.4) is 0 Å². The largest absolute Gasteiger partial charge is 0.383 e. The number of hydrogen-bond acceptors (Lipinski definition) is 4. The second kappa shape index (κ2) is 4.28. The van der Waals surface area contributed by atoms with Crippen molar-refractivity contribution >= 4 is 16.7 Å². The summed E-state index contributed by atoms with van der Waals surface area (Å²) in [6.07, 6.45) is 2.90. The lowest BCUT2D eigenvalue weighted by atomic mass is 10.0. The summed E-state index contributed by atoms with van der Waals surface area (Å²) in [5.41, 5.74) is 7.61. The molecule has 3 rings (SSSR count). The van der Waals surface area contributed by atoms with Gasteiger partial charge >= 0.3 is 0 Å². The molecule has 0 bridgehead atoms. The molecule has 0 saturated carbocycles. The van der Waals surface area contributed by atoms with Crippen LogP contribution in [-0.2, 0) is 0 Å². The summed E-state index contributed by atoms with van der Waals surface area (Å²) in [6, 6.07) is 7.10. The van der Waals surface area contributed by atoms with Gasteiger partial charge in [-0.25, -0.2) is 14.4 Å². The lowest BCUT2D eigenvalue weighted by Gasteiger charge is -2.09. The number of nitrogen functional groups attached to an aromatic ring is 1. The molecule has 1 aromatic carbocycles. The number of halogens is 1. The molecule has 0 atom stereocenters. The van der Waals surface area contributed by atoms with Gasteiger partial charge < -0.3 is 5.73 Å². The maximum Gasteiger partial charge on any atom is 0.158 e. The standard InChI is InChI=1S/C14H11FN4/c1-8-12(18-7-19-14(8)16)10-5-4-9-3-2-6-17-13(9)11(10)15/h2-7H,1H3,(H2,16,18,19). The van der Waals surface area contributed by atoms with Crippen molar-refractivity contribution in [2.24, 2.45) is 0 Å². The van der Waals surface area contributed by atoms with Crippen molar-refractivity contribution in [3.8, 4) is 11.3 Å². The van der Waals surface area contributed by atoms with E-state index in [2.05, 4.69) is 15.0 Å². The smallest absolute Gasteiger partial charge is 0.158 e. The van der Waals surface area contributed by atoms with E-state index in [4.69, 9.17) is 5.73 Å². The monoisotopic (exact) mass is 254 g/mol. The zero-order valence-electron chi connectivity index (χ0n) is 10.3. The highest BCUT2D eigenvalue weighted by molar-refractivity contribution is 5.85. The molecule has 0 aliphatic heterocycles. The van der Waals surface area contributed by atoms with Crippen molar-refractivity contribution in [3.05, 3.63) is 48.2 Å². The third kappa shape index (κ3) is 1.79. The number of nitrogens with zero attached hydrogens (tertiary/aromatic N) is 3. The minimum absolute atomic E-state index is 0.330. The summed E-state index contributed by atoms with van der Waals surface area (Å²) in [6.45, 7) is 1.77. The van der Waals surface area contributed by atoms with Crippen LogP contribution in [0.25, 0.3) is 22.2 Å². The summed E-state index contributed by atoms with van der Waals surface area (Å²) in [4.78, 5) is 12.1. The molecule has 0 spiro atoms. The second-order valence-electron chi connectivity index (χ2n) is 4.23. The minimum Gasteiger partial charge on any atom is -0.383 e. The molecule has 5 heteroatoms. The van der Waals surface area contributed by atoms with E-state index in [9.17, 15) is 4.39 Å². The maximum atomic E-state index is 14.5. The lowest BCUT2D eigenvalue weighted by molar-refractivity contribution is 0.639. The fourth-order valence-corrected chi connectivity index (χ4v) is 2.03. The number of nitrogens with two attached hydrogens (primary N) is 1. The molecule has 0 amide bonds. The first-order valence-corrected chi connectivity index (χ1v) is 5.79. The van der Waals surface area contributed by atoms with E-state index in [1.807, 2.05) is 12.1 Å². The molecule has 94 valence electrons. The molecule has 2 N–H and O–H groups in total. The predicted octanol–water partition coefficient (Wildman–Crippen LogP) is 2.72. The average Bonchev–Trinajstić information content (AvgIpc) is 2.43. The molecule has 3 aromatic rings. The van der Waals surface area contributed by atoms with Crippen molar-refractivity contribution in [1.82, 2.24) is 15.0 Å². The molecule has 0 radical (unpaired) electrons. The van der Waals surface area contributed by atoms with E-state index in [1.54, 1.807) is 25.3 Å². The van der Waals surface area contributed by atoms with Gasteiger partial charge in [0.15, 0.2) is 5.82 Å². The number of benzene rings is 1. The summed E-state index contributed by atoms with van der Waals surface area (Å²) in [5, 5.41) is 0.753. The first-order valence-electron chi connectivity index (χ1n) is 5.79. The highest BCUT2D eigenvalue weighted by Crippen LogP contribution is 2.29. The quantitative estimate of drug-likeness (QED) is 0.725. The predicted molar refractivity (Wildman–Crippen MR) is 71.9 cm³/mol. The Balaban J connectivity index is 2.31. The van der Waals surface area contributed by atoms with Crippen LogP contribution in [0, 0.1) is 12.7 Å². The van der Waals surface area contributed by atoms with Crippen LogP contribution < -0.4 is 5.73 Å². The van der Waals surface area contributed by atoms with E-state index in [0.717, 1.165) is 5.39 Å². The zero-order valence-corrected chi connectivity index (χ0v) is 10.3. The Morgan fingerprint density at radius 1 is 1.11 bits per heavy atom. The van der Waals surface area contributed by atoms with Gasteiger partial charge in [0.25, 0.3) is 0 Å². The van der Waals surface area contributed by atoms with Gasteiger partial charge in [-0.05, 0) is 19.1 Å². The van der Waals surface area contributed by atoms with Gasteiger partial charge in [0.2, 0.25) is 0 Å². The normalized spacial score (nSPS) is 10.8. The van der Waals surface area contributed by atoms with Crippen molar-refractivity contribution in [3.63, 3.8) is 0 Å². The van der Waals surface area contributed by atoms with Gasteiger partial charge in [0.1, 0.15) is 17.7 Å². The molecular weight excluding hydrogens is 243 g/mol. The van der Waals surface area contributed by atoms with Gasteiger partial charge in [-0.1, -0.05) is 12.1 Å². The highest BCUT2D eigenvalue weighted by atomic mass is 19.1. The number of anilines is 1. The van der Waals surface area contributed by atoms with E-state index in [0.29, 0.717) is 28.2 Å². The van der Waals surface area contributed by atoms with Crippen LogP contribution in [0.4, 0.5) is 10.2 Å². The van der Waals surface area contributed by atoms with Crippen molar-refractivity contribution in [1.29, 1.82) is 0 Å². The van der Waals surface area contributed by atoms with Crippen molar-refractivity contribution in [2.75, 3.05) is 5.73 Å². The van der Waals surface area contributed by atoms with Crippen LogP contribution in [0.5, 0.6) is 0 Å². The van der Waals surface area contributed by atoms with E-state index in [1.165, 1.54) is 6.33 Å². The first kappa shape index (κ1) is 11.5. The number of pyridine rings is 1. The van der Waals surface area contributed by atoms with E-state index >= 15 is 0 Å². The molecule has 4 nitrogen and oxygen atoms in total. The van der Waals surface area contributed by atoms with Crippen LogP contribution >= 0.6 is 0 Å². The van der Waals surface area contributed by atoms with Crippen LogP contribution in [0.15, 0.2) is 36.8 Å². The third-order valence-electron chi connectivity index (χ3n) is 3.09. The Kier molecular flexibility index (Phi) is 2.59. The van der Waals surface area contributed by atoms with Gasteiger partial charge in [0, 0.05) is 22.7 Å². The van der Waals surface area contributed by atoms with E-state index < -0.39 is 0 Å². The van der Waals surface area contributed by atoms with Gasteiger partial charge in [0.05, 0.1) is 5.69 Å². The third-order valence-corrected chi connectivity index (χ3v) is 3.09. The molecule has 2 heterocycles. The number of aromatic nitrogens is 3. The lowest BCUT2D eigenvalue weighted by Crippen LogP contribution is -2.00. The fourth-order valence-electron chi connectivity index (χ4n) is 2.03. The zero-order chi connectivity index (χ0) is 13.4. The molecule has 0 aliphatic carbocycles. The van der Waals surface area contributed by atoms with Gasteiger partial charge in [-0.3, -0.25) is 4.98 Å². The van der Waals surface area contributed by atoms with Crippen molar-refractivity contribution < 1.29 is 4.39 Å². The summed E-state index contributed by atoms with van der Waals surface area (Å²) in [7, 11) is 0. The minimum atomic E-state index is -0.390. The second-order valence-corrected chi connectivity index (χ2v) is 4.23. The molecule has 19 heavy (non-hydrogen) atoms. The summed E-state index contributed by atoms with van der Waals surface area (Å²) >= 11 is 0. The maximum absolute atomic E-state index is 14.5. The fraction of sp³-hybridized carbons (Fsp3) is 0.0714. The summed E-state index contributed by atoms with van der Waals surface area (Å²) in [5.74, 6) is -0.0372. The van der Waals surface area contributed by atoms with Crippen LogP contribution in [0.2, 0.25) is 0 Å². The Bertz CT molecular complexity index is 770. The van der Waals surface area contributed by atoms with Crippen LogP contribution in [0.1, 0.15) is 5.56 Å². The molecule has 0 aliphatic rings. The first-order chi connectivity index (χ1) is 9.18. The van der Waals surface area contributed by atoms with Crippen molar-refractivity contribution in [2.45, 2.75) is 6.92 Å². The average molecular weight is 254 g/mol. The molecule has 0 unspecified atom stereocenters. The van der Waals surface area contributed by atoms with Gasteiger partial charge in [-0.2, -0.15) is 0 Å². The Morgan fingerprint density at radius 2 is 1.95 bits per heavy atom. The Hall–Kier alpha value is -2.56. The van der Waals surface area contributed by atoms with E-state index in [-0.39, 0.29) is 5.82 Å².